The first-order valence-electron chi connectivity index (χ1n) is 5.97. The van der Waals surface area contributed by atoms with Crippen LogP contribution >= 0.6 is 11.6 Å². The minimum Gasteiger partial charge on any atom is -0.456 e. The van der Waals surface area contributed by atoms with Crippen LogP contribution in [-0.2, 0) is 5.60 Å². The Morgan fingerprint density at radius 3 is 2.88 bits per heavy atom. The summed E-state index contributed by atoms with van der Waals surface area (Å²) in [6.45, 7) is 1.82. The number of aliphatic hydroxyl groups is 1. The fourth-order valence-electron chi connectivity index (χ4n) is 2.28. The maximum Gasteiger partial charge on any atom is 0.153 e. The van der Waals surface area contributed by atoms with Gasteiger partial charge in [-0.15, -0.1) is 0 Å². The van der Waals surface area contributed by atoms with E-state index in [1.165, 1.54) is 12.8 Å². The molecule has 2 nitrogen and oxygen atoms in total. The van der Waals surface area contributed by atoms with Gasteiger partial charge in [0.15, 0.2) is 5.58 Å². The molecule has 0 amide bonds. The van der Waals surface area contributed by atoms with Crippen molar-refractivity contribution in [3.8, 4) is 0 Å². The molecule has 0 aliphatic heterocycles. The summed E-state index contributed by atoms with van der Waals surface area (Å²) in [5.41, 5.74) is -0.219. The van der Waals surface area contributed by atoms with Crippen LogP contribution in [0.15, 0.2) is 28.7 Å². The Bertz CT molecular complexity index is 552. The minimum absolute atomic E-state index is 0.593. The van der Waals surface area contributed by atoms with E-state index in [0.717, 1.165) is 11.8 Å². The molecule has 3 heteroatoms. The van der Waals surface area contributed by atoms with Crippen molar-refractivity contribution in [2.75, 3.05) is 0 Å². The molecule has 90 valence electrons. The zero-order chi connectivity index (χ0) is 12.0. The molecule has 1 aliphatic carbocycles. The van der Waals surface area contributed by atoms with E-state index in [0.29, 0.717) is 22.3 Å². The van der Waals surface area contributed by atoms with E-state index in [-0.39, 0.29) is 0 Å². The number of rotatable bonds is 3. The standard InChI is InChI=1S/C14H15ClO2/c1-14(16,8-9-5-6-9)12-7-10-3-2-4-11(15)13(10)17-12/h2-4,7,9,16H,5-6,8H2,1H3. The summed E-state index contributed by atoms with van der Waals surface area (Å²) in [6, 6.07) is 7.53. The third-order valence-electron chi connectivity index (χ3n) is 3.41. The summed E-state index contributed by atoms with van der Waals surface area (Å²) < 4.78 is 5.71. The van der Waals surface area contributed by atoms with Gasteiger partial charge < -0.3 is 9.52 Å². The van der Waals surface area contributed by atoms with E-state index in [1.807, 2.05) is 25.1 Å². The quantitative estimate of drug-likeness (QED) is 0.890. The van der Waals surface area contributed by atoms with Gasteiger partial charge in [-0.2, -0.15) is 0 Å². The van der Waals surface area contributed by atoms with Crippen LogP contribution in [-0.4, -0.2) is 5.11 Å². The molecule has 1 atom stereocenters. The number of hydrogen-bond donors (Lipinski definition) is 1. The predicted molar refractivity (Wildman–Crippen MR) is 68.1 cm³/mol. The van der Waals surface area contributed by atoms with Gasteiger partial charge in [-0.25, -0.2) is 0 Å². The number of para-hydroxylation sites is 1. The summed E-state index contributed by atoms with van der Waals surface area (Å²) in [7, 11) is 0. The van der Waals surface area contributed by atoms with Gasteiger partial charge in [0.2, 0.25) is 0 Å². The summed E-state index contributed by atoms with van der Waals surface area (Å²) in [5.74, 6) is 1.26. The summed E-state index contributed by atoms with van der Waals surface area (Å²) >= 11 is 6.06. The van der Waals surface area contributed by atoms with Crippen LogP contribution in [0.3, 0.4) is 0 Å². The van der Waals surface area contributed by atoms with E-state index in [1.54, 1.807) is 6.07 Å². The van der Waals surface area contributed by atoms with Crippen LogP contribution in [0, 0.1) is 5.92 Å². The molecule has 0 saturated heterocycles. The average molecular weight is 251 g/mol. The van der Waals surface area contributed by atoms with Crippen molar-refractivity contribution in [1.82, 2.24) is 0 Å². The van der Waals surface area contributed by atoms with Gasteiger partial charge in [-0.3, -0.25) is 0 Å². The van der Waals surface area contributed by atoms with Gasteiger partial charge in [0.25, 0.3) is 0 Å². The number of fused-ring (bicyclic) bond motifs is 1. The third kappa shape index (κ3) is 2.07. The molecule has 2 aromatic rings. The van der Waals surface area contributed by atoms with Crippen molar-refractivity contribution in [3.63, 3.8) is 0 Å². The molecule has 1 saturated carbocycles. The molecule has 1 aromatic carbocycles. The fourth-order valence-corrected chi connectivity index (χ4v) is 2.50. The fraction of sp³-hybridized carbons (Fsp3) is 0.429. The lowest BCUT2D eigenvalue weighted by atomic mass is 9.96. The van der Waals surface area contributed by atoms with Gasteiger partial charge in [0.05, 0.1) is 5.02 Å². The van der Waals surface area contributed by atoms with Gasteiger partial charge in [-0.05, 0) is 31.4 Å². The Labute approximate surface area is 105 Å². The molecule has 1 unspecified atom stereocenters. The molecule has 17 heavy (non-hydrogen) atoms. The third-order valence-corrected chi connectivity index (χ3v) is 3.71. The van der Waals surface area contributed by atoms with Crippen molar-refractivity contribution in [3.05, 3.63) is 35.0 Å². The zero-order valence-electron chi connectivity index (χ0n) is 9.74. The molecule has 0 bridgehead atoms. The molecule has 3 rings (SSSR count). The summed E-state index contributed by atoms with van der Waals surface area (Å²) in [6.07, 6.45) is 3.21. The number of hydrogen-bond acceptors (Lipinski definition) is 2. The highest BCUT2D eigenvalue weighted by Gasteiger charge is 2.35. The van der Waals surface area contributed by atoms with E-state index in [9.17, 15) is 5.11 Å². The number of benzene rings is 1. The van der Waals surface area contributed by atoms with Crippen LogP contribution in [0.2, 0.25) is 5.02 Å². The molecule has 1 N–H and O–H groups in total. The molecule has 0 radical (unpaired) electrons. The maximum atomic E-state index is 10.5. The molecule has 1 aliphatic rings. The second kappa shape index (κ2) is 3.76. The van der Waals surface area contributed by atoms with Crippen LogP contribution in [0.1, 0.15) is 31.9 Å². The number of halogens is 1. The Morgan fingerprint density at radius 1 is 1.47 bits per heavy atom. The second-order valence-electron chi connectivity index (χ2n) is 5.19. The first-order chi connectivity index (χ1) is 8.06. The largest absolute Gasteiger partial charge is 0.456 e. The molecule has 0 spiro atoms. The lowest BCUT2D eigenvalue weighted by Gasteiger charge is -2.20. The van der Waals surface area contributed by atoms with E-state index in [4.69, 9.17) is 16.0 Å². The van der Waals surface area contributed by atoms with Crippen LogP contribution < -0.4 is 0 Å². The van der Waals surface area contributed by atoms with Gasteiger partial charge >= 0.3 is 0 Å². The van der Waals surface area contributed by atoms with Crippen molar-refractivity contribution in [1.29, 1.82) is 0 Å². The highest BCUT2D eigenvalue weighted by Crippen LogP contribution is 2.42. The first kappa shape index (κ1) is 11.1. The van der Waals surface area contributed by atoms with Gasteiger partial charge in [-0.1, -0.05) is 36.6 Å². The highest BCUT2D eigenvalue weighted by atomic mass is 35.5. The topological polar surface area (TPSA) is 33.4 Å². The van der Waals surface area contributed by atoms with Crippen molar-refractivity contribution in [2.24, 2.45) is 5.92 Å². The van der Waals surface area contributed by atoms with Gasteiger partial charge in [0.1, 0.15) is 11.4 Å². The molecular formula is C14H15ClO2. The monoisotopic (exact) mass is 250 g/mol. The zero-order valence-corrected chi connectivity index (χ0v) is 10.5. The Hall–Kier alpha value is -0.990. The van der Waals surface area contributed by atoms with Crippen LogP contribution in [0.4, 0.5) is 0 Å². The molecule has 1 aromatic heterocycles. The lowest BCUT2D eigenvalue weighted by molar-refractivity contribution is 0.0213. The van der Waals surface area contributed by atoms with Crippen molar-refractivity contribution >= 4 is 22.6 Å². The maximum absolute atomic E-state index is 10.5. The summed E-state index contributed by atoms with van der Waals surface area (Å²) in [4.78, 5) is 0. The average Bonchev–Trinajstić information content (AvgIpc) is 2.94. The molecular weight excluding hydrogens is 236 g/mol. The highest BCUT2D eigenvalue weighted by molar-refractivity contribution is 6.34. The Kier molecular flexibility index (Phi) is 2.46. The van der Waals surface area contributed by atoms with E-state index in [2.05, 4.69) is 0 Å². The van der Waals surface area contributed by atoms with E-state index < -0.39 is 5.60 Å². The first-order valence-corrected chi connectivity index (χ1v) is 6.35. The lowest BCUT2D eigenvalue weighted by Crippen LogP contribution is -2.20. The number of furan rings is 1. The Balaban J connectivity index is 2.01. The summed E-state index contributed by atoms with van der Waals surface area (Å²) in [5, 5.41) is 12.0. The Morgan fingerprint density at radius 2 is 2.24 bits per heavy atom. The second-order valence-corrected chi connectivity index (χ2v) is 5.60. The predicted octanol–water partition coefficient (Wildman–Crippen LogP) is 4.09. The van der Waals surface area contributed by atoms with Crippen molar-refractivity contribution in [2.45, 2.75) is 31.8 Å². The minimum atomic E-state index is -0.885. The molecule has 1 heterocycles. The van der Waals surface area contributed by atoms with Crippen LogP contribution in [0.25, 0.3) is 11.0 Å². The SMILES string of the molecule is CC(O)(CC1CC1)c1cc2cccc(Cl)c2o1. The smallest absolute Gasteiger partial charge is 0.153 e. The van der Waals surface area contributed by atoms with E-state index >= 15 is 0 Å². The van der Waals surface area contributed by atoms with Crippen molar-refractivity contribution < 1.29 is 9.52 Å². The molecule has 1 fully saturated rings. The van der Waals surface area contributed by atoms with Gasteiger partial charge in [0, 0.05) is 5.39 Å². The van der Waals surface area contributed by atoms with Crippen LogP contribution in [0.5, 0.6) is 0 Å². The normalized spacial score (nSPS) is 19.5.